The lowest BCUT2D eigenvalue weighted by molar-refractivity contribution is 0.247. The van der Waals surface area contributed by atoms with Crippen molar-refractivity contribution in [3.05, 3.63) is 22.9 Å². The molecule has 4 heteroatoms. The van der Waals surface area contributed by atoms with Crippen LogP contribution >= 0.6 is 15.9 Å². The number of halogens is 1. The fourth-order valence-corrected chi connectivity index (χ4v) is 2.42. The summed E-state index contributed by atoms with van der Waals surface area (Å²) in [5, 5.41) is 6.91. The number of aromatic nitrogens is 1. The summed E-state index contributed by atoms with van der Waals surface area (Å²) in [6.07, 6.45) is 6.12. The summed E-state index contributed by atoms with van der Waals surface area (Å²) in [7, 11) is 0. The van der Waals surface area contributed by atoms with Gasteiger partial charge in [-0.1, -0.05) is 6.92 Å². The maximum atomic E-state index is 4.06. The standard InChI is InChI=1S/C12H18BrN3/c1-12(3-6-14-7-4-12)9-16-11-2-5-15-8-10(11)13/h2,5,8,14H,3-4,6-7,9H2,1H3,(H,15,16). The largest absolute Gasteiger partial charge is 0.383 e. The van der Waals surface area contributed by atoms with Gasteiger partial charge in [-0.15, -0.1) is 0 Å². The quantitative estimate of drug-likeness (QED) is 0.896. The van der Waals surface area contributed by atoms with Crippen molar-refractivity contribution in [2.45, 2.75) is 19.8 Å². The van der Waals surface area contributed by atoms with Crippen molar-refractivity contribution in [3.63, 3.8) is 0 Å². The van der Waals surface area contributed by atoms with Crippen molar-refractivity contribution < 1.29 is 0 Å². The molecule has 1 aromatic rings. The topological polar surface area (TPSA) is 37.0 Å². The zero-order chi connectivity index (χ0) is 11.4. The molecule has 3 nitrogen and oxygen atoms in total. The Balaban J connectivity index is 1.94. The SMILES string of the molecule is CC1(CNc2ccncc2Br)CCNCC1. The van der Waals surface area contributed by atoms with Crippen LogP contribution in [0.15, 0.2) is 22.9 Å². The second kappa shape index (κ2) is 5.15. The average Bonchev–Trinajstić information content (AvgIpc) is 2.29. The van der Waals surface area contributed by atoms with Crippen LogP contribution in [-0.2, 0) is 0 Å². The lowest BCUT2D eigenvalue weighted by atomic mass is 9.81. The van der Waals surface area contributed by atoms with Gasteiger partial charge < -0.3 is 10.6 Å². The van der Waals surface area contributed by atoms with Crippen molar-refractivity contribution in [2.24, 2.45) is 5.41 Å². The molecule has 0 bridgehead atoms. The molecule has 1 aromatic heterocycles. The minimum absolute atomic E-state index is 0.411. The molecular formula is C12H18BrN3. The second-order valence-corrected chi connectivity index (χ2v) is 5.62. The molecule has 0 radical (unpaired) electrons. The van der Waals surface area contributed by atoms with Crippen molar-refractivity contribution >= 4 is 21.6 Å². The Morgan fingerprint density at radius 1 is 1.50 bits per heavy atom. The Morgan fingerprint density at radius 3 is 2.94 bits per heavy atom. The number of pyridine rings is 1. The third-order valence-corrected chi connectivity index (χ3v) is 3.92. The van der Waals surface area contributed by atoms with Gasteiger partial charge in [-0.25, -0.2) is 0 Å². The van der Waals surface area contributed by atoms with E-state index in [4.69, 9.17) is 0 Å². The zero-order valence-corrected chi connectivity index (χ0v) is 11.2. The van der Waals surface area contributed by atoms with E-state index in [2.05, 4.69) is 38.5 Å². The third-order valence-electron chi connectivity index (χ3n) is 3.29. The number of anilines is 1. The fourth-order valence-electron chi connectivity index (χ4n) is 2.03. The van der Waals surface area contributed by atoms with Gasteiger partial charge in [-0.05, 0) is 53.3 Å². The summed E-state index contributed by atoms with van der Waals surface area (Å²) < 4.78 is 1.03. The number of hydrogen-bond acceptors (Lipinski definition) is 3. The van der Waals surface area contributed by atoms with Crippen LogP contribution in [0, 0.1) is 5.41 Å². The van der Waals surface area contributed by atoms with Crippen LogP contribution < -0.4 is 10.6 Å². The number of nitrogens with one attached hydrogen (secondary N) is 2. The van der Waals surface area contributed by atoms with Gasteiger partial charge in [-0.2, -0.15) is 0 Å². The van der Waals surface area contributed by atoms with Crippen LogP contribution in [0.1, 0.15) is 19.8 Å². The third kappa shape index (κ3) is 2.95. The predicted octanol–water partition coefficient (Wildman–Crippen LogP) is 2.65. The van der Waals surface area contributed by atoms with E-state index < -0.39 is 0 Å². The second-order valence-electron chi connectivity index (χ2n) is 4.77. The monoisotopic (exact) mass is 283 g/mol. The summed E-state index contributed by atoms with van der Waals surface area (Å²) >= 11 is 3.50. The highest BCUT2D eigenvalue weighted by atomic mass is 79.9. The van der Waals surface area contributed by atoms with E-state index in [9.17, 15) is 0 Å². The van der Waals surface area contributed by atoms with Crippen molar-refractivity contribution in [1.29, 1.82) is 0 Å². The number of hydrogen-bond donors (Lipinski definition) is 2. The maximum Gasteiger partial charge on any atom is 0.0590 e. The Hall–Kier alpha value is -0.610. The molecule has 0 spiro atoms. The first-order chi connectivity index (χ1) is 7.70. The van der Waals surface area contributed by atoms with E-state index in [0.29, 0.717) is 5.41 Å². The number of piperidine rings is 1. The van der Waals surface area contributed by atoms with E-state index in [-0.39, 0.29) is 0 Å². The van der Waals surface area contributed by atoms with E-state index in [0.717, 1.165) is 29.8 Å². The van der Waals surface area contributed by atoms with Crippen LogP contribution in [0.5, 0.6) is 0 Å². The van der Waals surface area contributed by atoms with Crippen molar-refractivity contribution in [1.82, 2.24) is 10.3 Å². The minimum atomic E-state index is 0.411. The zero-order valence-electron chi connectivity index (χ0n) is 9.59. The highest BCUT2D eigenvalue weighted by Gasteiger charge is 2.26. The van der Waals surface area contributed by atoms with Gasteiger partial charge in [0, 0.05) is 18.9 Å². The number of nitrogens with zero attached hydrogens (tertiary/aromatic N) is 1. The van der Waals surface area contributed by atoms with Crippen LogP contribution in [0.25, 0.3) is 0 Å². The summed E-state index contributed by atoms with van der Waals surface area (Å²) in [5.41, 5.74) is 1.54. The average molecular weight is 284 g/mol. The Kier molecular flexibility index (Phi) is 3.82. The molecule has 2 heterocycles. The molecular weight excluding hydrogens is 266 g/mol. The summed E-state index contributed by atoms with van der Waals surface area (Å²) in [6, 6.07) is 2.01. The van der Waals surface area contributed by atoms with Gasteiger partial charge in [-0.3, -0.25) is 4.98 Å². The maximum absolute atomic E-state index is 4.06. The van der Waals surface area contributed by atoms with E-state index in [1.807, 2.05) is 18.5 Å². The molecule has 1 aliphatic rings. The molecule has 16 heavy (non-hydrogen) atoms. The molecule has 1 saturated heterocycles. The molecule has 1 aliphatic heterocycles. The highest BCUT2D eigenvalue weighted by Crippen LogP contribution is 2.29. The van der Waals surface area contributed by atoms with Gasteiger partial charge in [0.1, 0.15) is 0 Å². The van der Waals surface area contributed by atoms with E-state index >= 15 is 0 Å². The first-order valence-corrected chi connectivity index (χ1v) is 6.53. The van der Waals surface area contributed by atoms with Crippen LogP contribution in [0.2, 0.25) is 0 Å². The van der Waals surface area contributed by atoms with Gasteiger partial charge in [0.05, 0.1) is 10.2 Å². The van der Waals surface area contributed by atoms with Gasteiger partial charge in [0.25, 0.3) is 0 Å². The Labute approximate surface area is 105 Å². The normalized spacial score (nSPS) is 19.4. The molecule has 0 saturated carbocycles. The minimum Gasteiger partial charge on any atom is -0.383 e. The molecule has 1 fully saturated rings. The van der Waals surface area contributed by atoms with Crippen LogP contribution in [-0.4, -0.2) is 24.6 Å². The van der Waals surface area contributed by atoms with Gasteiger partial charge >= 0.3 is 0 Å². The molecule has 2 rings (SSSR count). The highest BCUT2D eigenvalue weighted by molar-refractivity contribution is 9.10. The lowest BCUT2D eigenvalue weighted by Crippen LogP contribution is -2.39. The van der Waals surface area contributed by atoms with E-state index in [1.165, 1.54) is 12.8 Å². The van der Waals surface area contributed by atoms with Crippen molar-refractivity contribution in [3.8, 4) is 0 Å². The molecule has 0 aliphatic carbocycles. The first kappa shape index (κ1) is 11.9. The smallest absolute Gasteiger partial charge is 0.0590 e. The Morgan fingerprint density at radius 2 is 2.25 bits per heavy atom. The lowest BCUT2D eigenvalue weighted by Gasteiger charge is -2.34. The number of rotatable bonds is 3. The van der Waals surface area contributed by atoms with Gasteiger partial charge in [0.15, 0.2) is 0 Å². The molecule has 88 valence electrons. The Bertz CT molecular complexity index is 348. The fraction of sp³-hybridized carbons (Fsp3) is 0.583. The van der Waals surface area contributed by atoms with Gasteiger partial charge in [0.2, 0.25) is 0 Å². The predicted molar refractivity (Wildman–Crippen MR) is 70.6 cm³/mol. The van der Waals surface area contributed by atoms with Crippen LogP contribution in [0.3, 0.4) is 0 Å². The summed E-state index contributed by atoms with van der Waals surface area (Å²) in [5.74, 6) is 0. The molecule has 0 unspecified atom stereocenters. The summed E-state index contributed by atoms with van der Waals surface area (Å²) in [4.78, 5) is 4.06. The molecule has 2 N–H and O–H groups in total. The molecule has 0 aromatic carbocycles. The molecule has 0 amide bonds. The summed E-state index contributed by atoms with van der Waals surface area (Å²) in [6.45, 7) is 5.65. The van der Waals surface area contributed by atoms with Crippen molar-refractivity contribution in [2.75, 3.05) is 25.0 Å². The first-order valence-electron chi connectivity index (χ1n) is 5.74. The van der Waals surface area contributed by atoms with Crippen LogP contribution in [0.4, 0.5) is 5.69 Å². The molecule has 0 atom stereocenters. The van der Waals surface area contributed by atoms with E-state index in [1.54, 1.807) is 0 Å².